The number of aliphatic hydroxyl groups excluding tert-OH is 1. The lowest BCUT2D eigenvalue weighted by molar-refractivity contribution is -0.870. The monoisotopic (exact) mass is 920 g/mol. The van der Waals surface area contributed by atoms with Crippen LogP contribution in [-0.2, 0) is 45.5 Å². The first kappa shape index (κ1) is 59.2. The molecule has 0 saturated carbocycles. The van der Waals surface area contributed by atoms with Crippen molar-refractivity contribution < 1.29 is 51.6 Å². The van der Waals surface area contributed by atoms with Gasteiger partial charge in [0.1, 0.15) is 31.3 Å². The molecule has 0 radical (unpaired) electrons. The number of aryl methyl sites for hydroxylation is 2. The maximum Gasteiger partial charge on any atom is 0.306 e. The predicted octanol–water partition coefficient (Wildman–Crippen LogP) is 12.2. The molecule has 12 heteroatoms. The van der Waals surface area contributed by atoms with Gasteiger partial charge in [0.05, 0.1) is 33.9 Å². The smallest absolute Gasteiger partial charge is 0.306 e. The van der Waals surface area contributed by atoms with Crippen molar-refractivity contribution in [2.45, 2.75) is 200 Å². The number of hydrogen-bond donors (Lipinski definition) is 1. The van der Waals surface area contributed by atoms with Crippen LogP contribution in [0.3, 0.4) is 0 Å². The minimum absolute atomic E-state index is 0.0633. The van der Waals surface area contributed by atoms with Crippen molar-refractivity contribution in [3.63, 3.8) is 0 Å². The van der Waals surface area contributed by atoms with E-state index in [0.29, 0.717) is 36.7 Å². The maximum atomic E-state index is 12.7. The van der Waals surface area contributed by atoms with Crippen molar-refractivity contribution in [3.05, 3.63) is 71.3 Å². The summed E-state index contributed by atoms with van der Waals surface area (Å²) in [7, 11) is 1.06. The van der Waals surface area contributed by atoms with E-state index < -0.39 is 38.6 Å². The van der Waals surface area contributed by atoms with E-state index in [0.717, 1.165) is 44.9 Å². The number of likely N-dealkylation sites (N-methyl/N-ethyl adjacent to an activating group) is 1. The summed E-state index contributed by atoms with van der Waals surface area (Å²) >= 11 is 0. The Kier molecular flexibility index (Phi) is 34.5. The Balaban J connectivity index is 2.37. The highest BCUT2D eigenvalue weighted by Gasteiger charge is 2.22. The van der Waals surface area contributed by atoms with Crippen LogP contribution in [0, 0.1) is 13.8 Å². The summed E-state index contributed by atoms with van der Waals surface area (Å²) in [6.07, 6.45) is 38.4. The molecule has 0 aliphatic heterocycles. The van der Waals surface area contributed by atoms with Crippen molar-refractivity contribution in [2.24, 2.45) is 0 Å². The maximum absolute atomic E-state index is 12.7. The minimum atomic E-state index is -4.68. The van der Waals surface area contributed by atoms with E-state index in [1.165, 1.54) is 99.7 Å². The molecule has 1 N–H and O–H groups in total. The topological polar surface area (TPSA) is 145 Å². The molecule has 0 aliphatic rings. The number of unbranched alkanes of at least 4 members (excludes halogenated alkanes) is 15. The zero-order chi connectivity index (χ0) is 47.3. The molecule has 11 nitrogen and oxygen atoms in total. The Morgan fingerprint density at radius 3 is 1.89 bits per heavy atom. The van der Waals surface area contributed by atoms with Gasteiger partial charge in [0.2, 0.25) is 0 Å². The first-order valence-corrected chi connectivity index (χ1v) is 26.3. The summed E-state index contributed by atoms with van der Waals surface area (Å²) < 4.78 is 40.1. The van der Waals surface area contributed by atoms with Crippen LogP contribution in [0.5, 0.6) is 0 Å². The van der Waals surface area contributed by atoms with Crippen LogP contribution in [0.1, 0.15) is 184 Å². The number of aliphatic hydroxyl groups is 1. The summed E-state index contributed by atoms with van der Waals surface area (Å²) in [6.45, 7) is 8.37. The molecule has 0 bridgehead atoms. The Morgan fingerprint density at radius 1 is 0.688 bits per heavy atom. The van der Waals surface area contributed by atoms with Crippen LogP contribution in [0.4, 0.5) is 0 Å². The molecule has 1 heterocycles. The van der Waals surface area contributed by atoms with Crippen molar-refractivity contribution >= 4 is 19.8 Å². The number of allylic oxidation sites excluding steroid dienone is 6. The normalized spacial score (nSPS) is 14.3. The SMILES string of the molecule is CCCCC/C=C\C/C=C\CC(O)/C=C\C=C\CCCC(=O)O[C@H](COC(=O)CCCCCCCCCCCCc1oc(CCCCC)c(C)c1C)COP(=O)([O-])OCC[N+](C)(C)C. The third-order valence-corrected chi connectivity index (χ3v) is 12.1. The fourth-order valence-corrected chi connectivity index (χ4v) is 7.63. The molecule has 3 atom stereocenters. The zero-order valence-corrected chi connectivity index (χ0v) is 42.2. The number of hydrogen-bond acceptors (Lipinski definition) is 10. The third-order valence-electron chi connectivity index (χ3n) is 11.1. The van der Waals surface area contributed by atoms with E-state index in [9.17, 15) is 24.2 Å². The summed E-state index contributed by atoms with van der Waals surface area (Å²) in [6, 6.07) is 0. The second kappa shape index (κ2) is 37.3. The molecule has 0 fully saturated rings. The fourth-order valence-electron chi connectivity index (χ4n) is 6.91. The molecular formula is C52H90NO10P. The largest absolute Gasteiger partial charge is 0.756 e. The molecular weight excluding hydrogens is 830 g/mol. The van der Waals surface area contributed by atoms with Gasteiger partial charge in [-0.15, -0.1) is 0 Å². The zero-order valence-electron chi connectivity index (χ0n) is 41.3. The molecule has 0 aromatic carbocycles. The third kappa shape index (κ3) is 33.7. The van der Waals surface area contributed by atoms with Gasteiger partial charge in [0, 0.05) is 25.7 Å². The molecule has 1 aromatic rings. The number of quaternary nitrogens is 1. The van der Waals surface area contributed by atoms with Crippen molar-refractivity contribution in [1.29, 1.82) is 0 Å². The molecule has 368 valence electrons. The predicted molar refractivity (Wildman–Crippen MR) is 259 cm³/mol. The molecule has 0 spiro atoms. The number of rotatable bonds is 41. The Bertz CT molecular complexity index is 1520. The Morgan fingerprint density at radius 2 is 1.25 bits per heavy atom. The van der Waals surface area contributed by atoms with E-state index in [2.05, 4.69) is 45.9 Å². The second-order valence-corrected chi connectivity index (χ2v) is 19.7. The van der Waals surface area contributed by atoms with Gasteiger partial charge in [-0.25, -0.2) is 0 Å². The van der Waals surface area contributed by atoms with Gasteiger partial charge >= 0.3 is 11.9 Å². The first-order valence-electron chi connectivity index (χ1n) is 24.8. The minimum Gasteiger partial charge on any atom is -0.756 e. The van der Waals surface area contributed by atoms with Gasteiger partial charge in [-0.1, -0.05) is 140 Å². The average Bonchev–Trinajstić information content (AvgIpc) is 3.51. The van der Waals surface area contributed by atoms with Crippen molar-refractivity contribution in [2.75, 3.05) is 47.5 Å². The Labute approximate surface area is 389 Å². The average molecular weight is 920 g/mol. The standard InChI is InChI=1S/C52H90NO10P/c1-8-10-12-13-14-17-20-24-30-35-47(54)36-31-25-23-28-34-40-52(56)62-48(44-61-64(57,58)60-42-41-53(5,6)7)43-59-51(55)39-33-27-22-19-16-15-18-21-26-32-38-50-46(4)45(3)49(63-50)37-29-11-9-2/h14,17,23-25,30-31,36,47-48,54H,8-13,15-16,18-22,26-29,32-35,37-44H2,1-7H3/b17-14-,25-23+,30-24-,36-31-/t47?,48-/m1/s1. The molecule has 1 aromatic heterocycles. The van der Waals surface area contributed by atoms with Gasteiger partial charge < -0.3 is 37.4 Å². The van der Waals surface area contributed by atoms with Crippen LogP contribution in [0.25, 0.3) is 0 Å². The number of phosphoric acid groups is 1. The van der Waals surface area contributed by atoms with Gasteiger partial charge in [-0.2, -0.15) is 0 Å². The van der Waals surface area contributed by atoms with E-state index in [4.69, 9.17) is 22.9 Å². The number of nitrogens with zero attached hydrogens (tertiary/aromatic N) is 1. The van der Waals surface area contributed by atoms with Crippen molar-refractivity contribution in [1.82, 2.24) is 0 Å². The lowest BCUT2D eigenvalue weighted by Crippen LogP contribution is -2.37. The van der Waals surface area contributed by atoms with Crippen LogP contribution < -0.4 is 4.89 Å². The molecule has 0 aliphatic carbocycles. The second-order valence-electron chi connectivity index (χ2n) is 18.3. The van der Waals surface area contributed by atoms with Crippen molar-refractivity contribution in [3.8, 4) is 0 Å². The highest BCUT2D eigenvalue weighted by molar-refractivity contribution is 7.45. The fraction of sp³-hybridized carbons (Fsp3) is 0.731. The number of esters is 2. The first-order chi connectivity index (χ1) is 30.7. The summed E-state index contributed by atoms with van der Waals surface area (Å²) in [5, 5.41) is 10.2. The number of carbonyl (C=O) groups excluding carboxylic acids is 2. The van der Waals surface area contributed by atoms with Gasteiger partial charge in [-0.3, -0.25) is 14.2 Å². The number of furan rings is 1. The molecule has 0 amide bonds. The molecule has 0 saturated heterocycles. The van der Waals surface area contributed by atoms with E-state index in [1.54, 1.807) is 12.2 Å². The summed E-state index contributed by atoms with van der Waals surface area (Å²) in [4.78, 5) is 37.7. The lowest BCUT2D eigenvalue weighted by Gasteiger charge is -2.28. The van der Waals surface area contributed by atoms with Crippen LogP contribution in [0.15, 0.2) is 53.0 Å². The number of ether oxygens (including phenoxy) is 2. The molecule has 64 heavy (non-hydrogen) atoms. The highest BCUT2D eigenvalue weighted by atomic mass is 31.2. The van der Waals surface area contributed by atoms with Gasteiger partial charge in [0.25, 0.3) is 7.82 Å². The molecule has 2 unspecified atom stereocenters. The number of phosphoric ester groups is 1. The van der Waals surface area contributed by atoms with Crippen LogP contribution in [0.2, 0.25) is 0 Å². The van der Waals surface area contributed by atoms with E-state index in [-0.39, 0.29) is 26.1 Å². The van der Waals surface area contributed by atoms with Crippen LogP contribution >= 0.6 is 7.82 Å². The van der Waals surface area contributed by atoms with Crippen LogP contribution in [-0.4, -0.2) is 81.2 Å². The molecule has 1 rings (SSSR count). The quantitative estimate of drug-likeness (QED) is 0.0168. The van der Waals surface area contributed by atoms with E-state index >= 15 is 0 Å². The highest BCUT2D eigenvalue weighted by Crippen LogP contribution is 2.38. The lowest BCUT2D eigenvalue weighted by atomic mass is 10.0. The Hall–Kier alpha value is -2.79. The summed E-state index contributed by atoms with van der Waals surface area (Å²) in [5.41, 5.74) is 2.68. The number of carbonyl (C=O) groups is 2. The summed E-state index contributed by atoms with van der Waals surface area (Å²) in [5.74, 6) is 1.38. The van der Waals surface area contributed by atoms with Gasteiger partial charge in [0.15, 0.2) is 6.10 Å². The van der Waals surface area contributed by atoms with E-state index in [1.807, 2.05) is 39.4 Å². The van der Waals surface area contributed by atoms with Gasteiger partial charge in [-0.05, 0) is 82.8 Å².